The molecular weight excluding hydrogens is 234 g/mol. The van der Waals surface area contributed by atoms with Gasteiger partial charge in [-0.1, -0.05) is 25.4 Å². The number of nitrogens with one attached hydrogen (secondary N) is 1. The van der Waals surface area contributed by atoms with Gasteiger partial charge in [0.25, 0.3) is 0 Å². The molecule has 1 fully saturated rings. The van der Waals surface area contributed by atoms with E-state index in [2.05, 4.69) is 10.5 Å². The molecule has 1 saturated heterocycles. The van der Waals surface area contributed by atoms with Gasteiger partial charge >= 0.3 is 0 Å². The number of rotatable bonds is 4. The molecule has 1 aliphatic heterocycles. The fourth-order valence-corrected chi connectivity index (χ4v) is 2.00. The number of piperazine rings is 1. The molecule has 0 aromatic carbocycles. The molecule has 0 bridgehead atoms. The summed E-state index contributed by atoms with van der Waals surface area (Å²) in [6.45, 7) is 4.33. The maximum absolute atomic E-state index is 12.2. The van der Waals surface area contributed by atoms with Gasteiger partial charge in [0.05, 0.1) is 12.7 Å². The molecule has 6 heteroatoms. The zero-order chi connectivity index (χ0) is 13.1. The number of nitrogens with zero attached hydrogens (tertiary/aromatic N) is 2. The smallest absolute Gasteiger partial charge is 0.246 e. The molecule has 0 radical (unpaired) electrons. The van der Waals surface area contributed by atoms with Crippen LogP contribution in [-0.4, -0.2) is 34.5 Å². The van der Waals surface area contributed by atoms with Crippen molar-refractivity contribution < 1.29 is 14.1 Å². The van der Waals surface area contributed by atoms with Crippen molar-refractivity contribution in [3.8, 4) is 0 Å². The van der Waals surface area contributed by atoms with E-state index in [4.69, 9.17) is 4.52 Å². The Morgan fingerprint density at radius 3 is 3.00 bits per heavy atom. The average molecular weight is 251 g/mol. The predicted molar refractivity (Wildman–Crippen MR) is 63.3 cm³/mol. The molecule has 1 N–H and O–H groups in total. The second-order valence-corrected chi connectivity index (χ2v) is 4.60. The van der Waals surface area contributed by atoms with Gasteiger partial charge in [-0.15, -0.1) is 0 Å². The fourth-order valence-electron chi connectivity index (χ4n) is 2.00. The van der Waals surface area contributed by atoms with E-state index >= 15 is 0 Å². The quantitative estimate of drug-likeness (QED) is 0.847. The maximum atomic E-state index is 12.2. The SMILES string of the molecule is CCC(C)C1NC(=O)CN(Cc2ccno2)C1=O. The Hall–Kier alpha value is -1.85. The molecular formula is C12H17N3O3. The maximum Gasteiger partial charge on any atom is 0.246 e. The average Bonchev–Trinajstić information content (AvgIpc) is 2.85. The molecule has 1 aliphatic rings. The highest BCUT2D eigenvalue weighted by atomic mass is 16.5. The third-order valence-electron chi connectivity index (χ3n) is 3.28. The topological polar surface area (TPSA) is 75.4 Å². The van der Waals surface area contributed by atoms with E-state index in [0.29, 0.717) is 12.3 Å². The molecule has 98 valence electrons. The monoisotopic (exact) mass is 251 g/mol. The van der Waals surface area contributed by atoms with Crippen LogP contribution in [0.2, 0.25) is 0 Å². The Balaban J connectivity index is 2.10. The molecule has 0 aliphatic carbocycles. The lowest BCUT2D eigenvalue weighted by molar-refractivity contribution is -0.146. The first-order valence-electron chi connectivity index (χ1n) is 6.09. The number of carbonyl (C=O) groups is 2. The van der Waals surface area contributed by atoms with Crippen molar-refractivity contribution >= 4 is 11.8 Å². The van der Waals surface area contributed by atoms with Crippen molar-refractivity contribution in [1.82, 2.24) is 15.4 Å². The van der Waals surface area contributed by atoms with Crippen molar-refractivity contribution in [2.75, 3.05) is 6.54 Å². The van der Waals surface area contributed by atoms with E-state index in [1.54, 1.807) is 6.07 Å². The van der Waals surface area contributed by atoms with Gasteiger partial charge in [-0.25, -0.2) is 0 Å². The zero-order valence-electron chi connectivity index (χ0n) is 10.5. The predicted octanol–water partition coefficient (Wildman–Crippen LogP) is 0.548. The minimum atomic E-state index is -0.431. The lowest BCUT2D eigenvalue weighted by Gasteiger charge is -2.34. The van der Waals surface area contributed by atoms with Crippen molar-refractivity contribution in [3.05, 3.63) is 18.0 Å². The van der Waals surface area contributed by atoms with Crippen LogP contribution in [0.1, 0.15) is 26.0 Å². The summed E-state index contributed by atoms with van der Waals surface area (Å²) in [6, 6.07) is 1.26. The Bertz CT molecular complexity index is 430. The van der Waals surface area contributed by atoms with Crippen LogP contribution >= 0.6 is 0 Å². The Labute approximate surface area is 105 Å². The molecule has 1 aromatic heterocycles. The molecule has 6 nitrogen and oxygen atoms in total. The molecule has 2 heterocycles. The second-order valence-electron chi connectivity index (χ2n) is 4.60. The summed E-state index contributed by atoms with van der Waals surface area (Å²) >= 11 is 0. The lowest BCUT2D eigenvalue weighted by Crippen LogP contribution is -2.59. The Morgan fingerprint density at radius 2 is 2.39 bits per heavy atom. The third kappa shape index (κ3) is 2.52. The lowest BCUT2D eigenvalue weighted by atomic mass is 9.96. The Morgan fingerprint density at radius 1 is 1.61 bits per heavy atom. The summed E-state index contributed by atoms with van der Waals surface area (Å²) in [5.74, 6) is 0.527. The van der Waals surface area contributed by atoms with Crippen molar-refractivity contribution in [3.63, 3.8) is 0 Å². The van der Waals surface area contributed by atoms with E-state index in [-0.39, 0.29) is 24.3 Å². The summed E-state index contributed by atoms with van der Waals surface area (Å²) in [5, 5.41) is 6.34. The molecule has 0 saturated carbocycles. The third-order valence-corrected chi connectivity index (χ3v) is 3.28. The van der Waals surface area contributed by atoms with Gasteiger partial charge in [0, 0.05) is 6.07 Å². The highest BCUT2D eigenvalue weighted by Gasteiger charge is 2.35. The van der Waals surface area contributed by atoms with Crippen LogP contribution in [0.4, 0.5) is 0 Å². The van der Waals surface area contributed by atoms with E-state index in [0.717, 1.165) is 6.42 Å². The van der Waals surface area contributed by atoms with Crippen molar-refractivity contribution in [1.29, 1.82) is 0 Å². The first-order chi connectivity index (χ1) is 8.61. The minimum absolute atomic E-state index is 0.0552. The standard InChI is InChI=1S/C12H17N3O3/c1-3-8(2)11-12(17)15(7-10(16)14-11)6-9-4-5-13-18-9/h4-5,8,11H,3,6-7H2,1-2H3,(H,14,16). The van der Waals surface area contributed by atoms with Gasteiger partial charge < -0.3 is 14.7 Å². The van der Waals surface area contributed by atoms with E-state index < -0.39 is 6.04 Å². The van der Waals surface area contributed by atoms with Gasteiger partial charge in [-0.05, 0) is 5.92 Å². The summed E-state index contributed by atoms with van der Waals surface area (Å²) in [6.07, 6.45) is 2.36. The van der Waals surface area contributed by atoms with Gasteiger partial charge in [-0.3, -0.25) is 9.59 Å². The van der Waals surface area contributed by atoms with Crippen molar-refractivity contribution in [2.45, 2.75) is 32.9 Å². The highest BCUT2D eigenvalue weighted by molar-refractivity contribution is 5.94. The summed E-state index contributed by atoms with van der Waals surface area (Å²) < 4.78 is 4.97. The largest absolute Gasteiger partial charge is 0.360 e. The summed E-state index contributed by atoms with van der Waals surface area (Å²) in [7, 11) is 0. The van der Waals surface area contributed by atoms with E-state index in [9.17, 15) is 9.59 Å². The molecule has 2 atom stereocenters. The molecule has 2 amide bonds. The number of carbonyl (C=O) groups excluding carboxylic acids is 2. The van der Waals surface area contributed by atoms with Gasteiger partial charge in [0.1, 0.15) is 12.6 Å². The van der Waals surface area contributed by atoms with Crippen molar-refractivity contribution in [2.24, 2.45) is 5.92 Å². The molecule has 0 spiro atoms. The fraction of sp³-hybridized carbons (Fsp3) is 0.583. The van der Waals surface area contributed by atoms with Gasteiger partial charge in [0.15, 0.2) is 5.76 Å². The molecule has 2 unspecified atom stereocenters. The number of aromatic nitrogens is 1. The molecule has 2 rings (SSSR count). The van der Waals surface area contributed by atoms with Crippen LogP contribution < -0.4 is 5.32 Å². The van der Waals surface area contributed by atoms with Gasteiger partial charge in [0.2, 0.25) is 11.8 Å². The highest BCUT2D eigenvalue weighted by Crippen LogP contribution is 2.16. The van der Waals surface area contributed by atoms with E-state index in [1.165, 1.54) is 11.1 Å². The Kier molecular flexibility index (Phi) is 3.64. The summed E-state index contributed by atoms with van der Waals surface area (Å²) in [4.78, 5) is 25.4. The number of hydrogen-bond acceptors (Lipinski definition) is 4. The van der Waals surface area contributed by atoms with Crippen LogP contribution in [0.15, 0.2) is 16.8 Å². The van der Waals surface area contributed by atoms with Gasteiger partial charge in [-0.2, -0.15) is 0 Å². The second kappa shape index (κ2) is 5.20. The van der Waals surface area contributed by atoms with Crippen LogP contribution in [0.25, 0.3) is 0 Å². The van der Waals surface area contributed by atoms with Crippen LogP contribution in [0.5, 0.6) is 0 Å². The zero-order valence-corrected chi connectivity index (χ0v) is 10.5. The first-order valence-corrected chi connectivity index (χ1v) is 6.09. The normalized spacial score (nSPS) is 21.9. The molecule has 1 aromatic rings. The van der Waals surface area contributed by atoms with Crippen LogP contribution in [-0.2, 0) is 16.1 Å². The minimum Gasteiger partial charge on any atom is -0.360 e. The summed E-state index contributed by atoms with van der Waals surface area (Å²) in [5.41, 5.74) is 0. The number of hydrogen-bond donors (Lipinski definition) is 1. The van der Waals surface area contributed by atoms with Crippen LogP contribution in [0, 0.1) is 5.92 Å². The molecule has 18 heavy (non-hydrogen) atoms. The number of amides is 2. The first kappa shape index (κ1) is 12.6. The van der Waals surface area contributed by atoms with E-state index in [1.807, 2.05) is 13.8 Å². The van der Waals surface area contributed by atoms with Crippen LogP contribution in [0.3, 0.4) is 0 Å².